The van der Waals surface area contributed by atoms with Gasteiger partial charge in [0.05, 0.1) is 17.8 Å². The SMILES string of the molecule is N#Cc1ccc(COc2ncc(F)c(N)n2)cc1. The Bertz CT molecular complexity index is 592. The maximum Gasteiger partial charge on any atom is 0.318 e. The second-order valence-corrected chi connectivity index (χ2v) is 3.48. The monoisotopic (exact) mass is 244 g/mol. The maximum atomic E-state index is 12.8. The number of rotatable bonds is 3. The van der Waals surface area contributed by atoms with Crippen molar-refractivity contribution in [2.75, 3.05) is 5.73 Å². The number of nitriles is 1. The molecule has 1 aromatic heterocycles. The Labute approximate surface area is 103 Å². The van der Waals surface area contributed by atoms with E-state index in [1.54, 1.807) is 24.3 Å². The lowest BCUT2D eigenvalue weighted by atomic mass is 10.2. The van der Waals surface area contributed by atoms with Gasteiger partial charge in [0.1, 0.15) is 6.61 Å². The van der Waals surface area contributed by atoms with Crippen LogP contribution in [0.4, 0.5) is 10.2 Å². The summed E-state index contributed by atoms with van der Waals surface area (Å²) in [6.07, 6.45) is 0.955. The Morgan fingerprint density at radius 2 is 2.06 bits per heavy atom. The Morgan fingerprint density at radius 1 is 1.33 bits per heavy atom. The largest absolute Gasteiger partial charge is 0.459 e. The molecule has 0 saturated carbocycles. The number of ether oxygens (including phenoxy) is 1. The number of hydrogen-bond donors (Lipinski definition) is 1. The molecule has 2 N–H and O–H groups in total. The Morgan fingerprint density at radius 3 is 2.67 bits per heavy atom. The third-order valence-electron chi connectivity index (χ3n) is 2.20. The van der Waals surface area contributed by atoms with Crippen molar-refractivity contribution in [3.63, 3.8) is 0 Å². The molecule has 0 saturated heterocycles. The molecule has 1 aromatic carbocycles. The molecule has 0 aliphatic heterocycles. The van der Waals surface area contributed by atoms with Gasteiger partial charge in [-0.25, -0.2) is 9.37 Å². The number of hydrogen-bond acceptors (Lipinski definition) is 5. The number of anilines is 1. The molecule has 0 radical (unpaired) electrons. The minimum atomic E-state index is -0.680. The first-order chi connectivity index (χ1) is 8.69. The fraction of sp³-hybridized carbons (Fsp3) is 0.0833. The van der Waals surface area contributed by atoms with Crippen LogP contribution in [0.5, 0.6) is 6.01 Å². The van der Waals surface area contributed by atoms with E-state index in [-0.39, 0.29) is 18.4 Å². The van der Waals surface area contributed by atoms with Crippen LogP contribution < -0.4 is 10.5 Å². The van der Waals surface area contributed by atoms with Gasteiger partial charge in [-0.2, -0.15) is 10.2 Å². The maximum absolute atomic E-state index is 12.8. The van der Waals surface area contributed by atoms with Gasteiger partial charge in [0.25, 0.3) is 0 Å². The average Bonchev–Trinajstić information content (AvgIpc) is 2.41. The summed E-state index contributed by atoms with van der Waals surface area (Å²) in [5.74, 6) is -0.930. The van der Waals surface area contributed by atoms with E-state index in [9.17, 15) is 4.39 Å². The summed E-state index contributed by atoms with van der Waals surface area (Å²) < 4.78 is 18.1. The highest BCUT2D eigenvalue weighted by atomic mass is 19.1. The van der Waals surface area contributed by atoms with Crippen LogP contribution in [0, 0.1) is 17.1 Å². The molecule has 0 amide bonds. The molecule has 0 fully saturated rings. The molecule has 0 aliphatic carbocycles. The molecule has 0 unspecified atom stereocenters. The van der Waals surface area contributed by atoms with Crippen LogP contribution in [0.2, 0.25) is 0 Å². The molecule has 0 spiro atoms. The van der Waals surface area contributed by atoms with E-state index in [2.05, 4.69) is 9.97 Å². The Balaban J connectivity index is 2.02. The summed E-state index contributed by atoms with van der Waals surface area (Å²) in [6.45, 7) is 0.219. The topological polar surface area (TPSA) is 84.8 Å². The predicted octanol–water partition coefficient (Wildman–Crippen LogP) is 1.65. The van der Waals surface area contributed by atoms with E-state index >= 15 is 0 Å². The zero-order valence-electron chi connectivity index (χ0n) is 9.30. The van der Waals surface area contributed by atoms with E-state index in [1.165, 1.54) is 0 Å². The first kappa shape index (κ1) is 11.8. The highest BCUT2D eigenvalue weighted by Gasteiger charge is 2.04. The standard InChI is InChI=1S/C12H9FN4O/c13-10-6-16-12(17-11(10)15)18-7-9-3-1-8(5-14)2-4-9/h1-4,6H,7H2,(H2,15,16,17). The van der Waals surface area contributed by atoms with Crippen LogP contribution in [0.1, 0.15) is 11.1 Å². The number of aromatic nitrogens is 2. The van der Waals surface area contributed by atoms with Crippen LogP contribution >= 0.6 is 0 Å². The fourth-order valence-corrected chi connectivity index (χ4v) is 1.26. The zero-order chi connectivity index (χ0) is 13.0. The van der Waals surface area contributed by atoms with Crippen molar-refractivity contribution in [1.29, 1.82) is 5.26 Å². The molecule has 5 nitrogen and oxygen atoms in total. The van der Waals surface area contributed by atoms with Gasteiger partial charge in [0.15, 0.2) is 11.6 Å². The third kappa shape index (κ3) is 2.71. The van der Waals surface area contributed by atoms with Gasteiger partial charge in [-0.1, -0.05) is 12.1 Å². The first-order valence-electron chi connectivity index (χ1n) is 5.09. The minimum absolute atomic E-state index is 0.0123. The van der Waals surface area contributed by atoms with E-state index in [1.807, 2.05) is 6.07 Å². The van der Waals surface area contributed by atoms with Gasteiger partial charge in [0.2, 0.25) is 0 Å². The summed E-state index contributed by atoms with van der Waals surface area (Å²) in [4.78, 5) is 7.29. The minimum Gasteiger partial charge on any atom is -0.459 e. The molecule has 0 atom stereocenters. The normalized spacial score (nSPS) is 9.78. The van der Waals surface area contributed by atoms with E-state index < -0.39 is 5.82 Å². The van der Waals surface area contributed by atoms with Crippen LogP contribution in [-0.2, 0) is 6.61 Å². The molecule has 2 rings (SSSR count). The first-order valence-corrected chi connectivity index (χ1v) is 5.09. The second-order valence-electron chi connectivity index (χ2n) is 3.48. The highest BCUT2D eigenvalue weighted by Crippen LogP contribution is 2.11. The molecule has 6 heteroatoms. The van der Waals surface area contributed by atoms with Gasteiger partial charge in [-0.3, -0.25) is 0 Å². The molecular formula is C12H9FN4O. The number of benzene rings is 1. The number of nitrogens with zero attached hydrogens (tertiary/aromatic N) is 3. The van der Waals surface area contributed by atoms with Crippen molar-refractivity contribution in [2.24, 2.45) is 0 Å². The van der Waals surface area contributed by atoms with E-state index in [4.69, 9.17) is 15.7 Å². The van der Waals surface area contributed by atoms with Crippen molar-refractivity contribution in [3.05, 3.63) is 47.4 Å². The molecule has 90 valence electrons. The predicted molar refractivity (Wildman–Crippen MR) is 61.9 cm³/mol. The molecule has 0 bridgehead atoms. The lowest BCUT2D eigenvalue weighted by Crippen LogP contribution is -2.03. The molecule has 2 aromatic rings. The fourth-order valence-electron chi connectivity index (χ4n) is 1.26. The summed E-state index contributed by atoms with van der Waals surface area (Å²) in [5, 5.41) is 8.64. The smallest absolute Gasteiger partial charge is 0.318 e. The van der Waals surface area contributed by atoms with Gasteiger partial charge in [0, 0.05) is 0 Å². The zero-order valence-corrected chi connectivity index (χ0v) is 9.30. The molecular weight excluding hydrogens is 235 g/mol. The van der Waals surface area contributed by atoms with Gasteiger partial charge >= 0.3 is 6.01 Å². The molecule has 18 heavy (non-hydrogen) atoms. The van der Waals surface area contributed by atoms with Crippen LogP contribution in [0.3, 0.4) is 0 Å². The van der Waals surface area contributed by atoms with Gasteiger partial charge < -0.3 is 10.5 Å². The van der Waals surface area contributed by atoms with Crippen molar-refractivity contribution in [3.8, 4) is 12.1 Å². The van der Waals surface area contributed by atoms with Gasteiger partial charge in [-0.15, -0.1) is 0 Å². The Kier molecular flexibility index (Phi) is 3.34. The summed E-state index contributed by atoms with van der Waals surface area (Å²) in [7, 11) is 0. The van der Waals surface area contributed by atoms with Crippen molar-refractivity contribution >= 4 is 5.82 Å². The molecule has 1 heterocycles. The lowest BCUT2D eigenvalue weighted by Gasteiger charge is -2.05. The van der Waals surface area contributed by atoms with Crippen molar-refractivity contribution in [2.45, 2.75) is 6.61 Å². The van der Waals surface area contributed by atoms with E-state index in [0.717, 1.165) is 11.8 Å². The van der Waals surface area contributed by atoms with Crippen LogP contribution in [0.25, 0.3) is 0 Å². The van der Waals surface area contributed by atoms with E-state index in [0.29, 0.717) is 5.56 Å². The summed E-state index contributed by atoms with van der Waals surface area (Å²) in [6, 6.07) is 8.90. The van der Waals surface area contributed by atoms with Crippen molar-refractivity contribution < 1.29 is 9.13 Å². The highest BCUT2D eigenvalue weighted by molar-refractivity contribution is 5.32. The van der Waals surface area contributed by atoms with Crippen molar-refractivity contribution in [1.82, 2.24) is 9.97 Å². The van der Waals surface area contributed by atoms with Crippen LogP contribution in [0.15, 0.2) is 30.5 Å². The van der Waals surface area contributed by atoms with Crippen LogP contribution in [-0.4, -0.2) is 9.97 Å². The second kappa shape index (κ2) is 5.10. The third-order valence-corrected chi connectivity index (χ3v) is 2.20. The average molecular weight is 244 g/mol. The van der Waals surface area contributed by atoms with Gasteiger partial charge in [-0.05, 0) is 17.7 Å². The number of nitrogen functional groups attached to an aromatic ring is 1. The Hall–Kier alpha value is -2.68. The quantitative estimate of drug-likeness (QED) is 0.887. The summed E-state index contributed by atoms with van der Waals surface area (Å²) >= 11 is 0. The molecule has 0 aliphatic rings. The number of nitrogens with two attached hydrogens (primary N) is 1. The summed E-state index contributed by atoms with van der Waals surface area (Å²) in [5.41, 5.74) is 6.70. The lowest BCUT2D eigenvalue weighted by molar-refractivity contribution is 0.280. The number of halogens is 1.